The van der Waals surface area contributed by atoms with Gasteiger partial charge in [0.15, 0.2) is 0 Å². The van der Waals surface area contributed by atoms with Crippen LogP contribution in [-0.4, -0.2) is 14.7 Å². The van der Waals surface area contributed by atoms with Gasteiger partial charge in [0.25, 0.3) is 0 Å². The third-order valence-electron chi connectivity index (χ3n) is 1.46. The van der Waals surface area contributed by atoms with Crippen molar-refractivity contribution in [1.82, 2.24) is 9.97 Å². The Bertz CT molecular complexity index is 322. The Morgan fingerprint density at radius 2 is 2.14 bits per heavy atom. The molecule has 0 atom stereocenters. The van der Waals surface area contributed by atoms with Crippen LogP contribution in [0.4, 0.5) is 5.82 Å². The normalized spacial score (nSPS) is 11.7. The predicted molar refractivity (Wildman–Crippen MR) is 65.2 cm³/mol. The minimum absolute atomic E-state index is 0.227. The van der Waals surface area contributed by atoms with Crippen LogP contribution in [0.5, 0.6) is 0 Å². The van der Waals surface area contributed by atoms with E-state index in [1.165, 1.54) is 0 Å². The monoisotopic (exact) mass is 275 g/mol. The first-order chi connectivity index (χ1) is 6.38. The number of anilines is 1. The summed E-state index contributed by atoms with van der Waals surface area (Å²) in [7, 11) is 0. The van der Waals surface area contributed by atoms with Crippen LogP contribution in [0.15, 0.2) is 10.7 Å². The highest BCUT2D eigenvalue weighted by atomic mass is 79.9. The van der Waals surface area contributed by atoms with Crippen molar-refractivity contribution in [1.29, 1.82) is 0 Å². The molecule has 0 aliphatic rings. The van der Waals surface area contributed by atoms with Gasteiger partial charge in [-0.2, -0.15) is 0 Å². The van der Waals surface area contributed by atoms with Crippen LogP contribution in [0.1, 0.15) is 26.6 Å². The number of nitrogen functional groups attached to an aromatic ring is 1. The van der Waals surface area contributed by atoms with E-state index in [-0.39, 0.29) is 4.75 Å². The third-order valence-corrected chi connectivity index (χ3v) is 3.33. The minimum atomic E-state index is 0.227. The summed E-state index contributed by atoms with van der Waals surface area (Å²) in [5.74, 6) is 2.08. The quantitative estimate of drug-likeness (QED) is 0.902. The van der Waals surface area contributed by atoms with E-state index in [0.717, 1.165) is 16.0 Å². The Balaban J connectivity index is 2.65. The molecule has 0 amide bonds. The van der Waals surface area contributed by atoms with Gasteiger partial charge in [-0.3, -0.25) is 0 Å². The first-order valence-electron chi connectivity index (χ1n) is 4.29. The van der Waals surface area contributed by atoms with Crippen molar-refractivity contribution in [2.24, 2.45) is 0 Å². The Labute approximate surface area is 97.0 Å². The van der Waals surface area contributed by atoms with Gasteiger partial charge in [0.2, 0.25) is 0 Å². The van der Waals surface area contributed by atoms with E-state index in [1.54, 1.807) is 18.0 Å². The maximum Gasteiger partial charge on any atom is 0.141 e. The topological polar surface area (TPSA) is 51.8 Å². The van der Waals surface area contributed by atoms with Gasteiger partial charge in [-0.05, 0) is 15.9 Å². The van der Waals surface area contributed by atoms with Crippen molar-refractivity contribution in [2.45, 2.75) is 31.3 Å². The molecule has 0 unspecified atom stereocenters. The van der Waals surface area contributed by atoms with Crippen molar-refractivity contribution in [3.63, 3.8) is 0 Å². The number of aromatic nitrogens is 2. The van der Waals surface area contributed by atoms with E-state index in [4.69, 9.17) is 5.73 Å². The minimum Gasteiger partial charge on any atom is -0.383 e. The molecule has 0 saturated heterocycles. The molecule has 1 aromatic heterocycles. The molecular formula is C9H14BrN3S. The van der Waals surface area contributed by atoms with Gasteiger partial charge in [-0.15, -0.1) is 11.8 Å². The fourth-order valence-corrected chi connectivity index (χ4v) is 1.66. The molecule has 0 aliphatic carbocycles. The van der Waals surface area contributed by atoms with E-state index in [1.807, 2.05) is 0 Å². The molecule has 2 N–H and O–H groups in total. The van der Waals surface area contributed by atoms with Gasteiger partial charge in [0.05, 0.1) is 10.2 Å². The second kappa shape index (κ2) is 4.49. The molecule has 1 aromatic rings. The molecule has 0 aliphatic heterocycles. The molecule has 78 valence electrons. The van der Waals surface area contributed by atoms with Crippen LogP contribution in [-0.2, 0) is 5.75 Å². The fraction of sp³-hybridized carbons (Fsp3) is 0.556. The van der Waals surface area contributed by atoms with Gasteiger partial charge in [-0.25, -0.2) is 9.97 Å². The summed E-state index contributed by atoms with van der Waals surface area (Å²) in [5, 5.41) is 0. The second-order valence-corrected chi connectivity index (χ2v) is 6.58. The summed E-state index contributed by atoms with van der Waals surface area (Å²) in [5.41, 5.74) is 5.65. The van der Waals surface area contributed by atoms with Crippen LogP contribution >= 0.6 is 27.7 Å². The lowest BCUT2D eigenvalue weighted by molar-refractivity contribution is 0.800. The molecule has 0 radical (unpaired) electrons. The van der Waals surface area contributed by atoms with Crippen molar-refractivity contribution < 1.29 is 0 Å². The molecule has 0 spiro atoms. The third kappa shape index (κ3) is 3.84. The SMILES string of the molecule is CC(C)(C)SCc1ncc(Br)c(N)n1. The van der Waals surface area contributed by atoms with Crippen molar-refractivity contribution >= 4 is 33.5 Å². The lowest BCUT2D eigenvalue weighted by Gasteiger charge is -2.16. The molecule has 5 heteroatoms. The highest BCUT2D eigenvalue weighted by molar-refractivity contribution is 9.10. The molecule has 1 rings (SSSR count). The van der Waals surface area contributed by atoms with E-state index < -0.39 is 0 Å². The van der Waals surface area contributed by atoms with Crippen molar-refractivity contribution in [3.05, 3.63) is 16.5 Å². The van der Waals surface area contributed by atoms with Crippen molar-refractivity contribution in [3.8, 4) is 0 Å². The fourth-order valence-electron chi connectivity index (χ4n) is 0.769. The molecular weight excluding hydrogens is 262 g/mol. The maximum atomic E-state index is 5.65. The summed E-state index contributed by atoms with van der Waals surface area (Å²) < 4.78 is 0.979. The Morgan fingerprint density at radius 1 is 1.50 bits per heavy atom. The number of nitrogens with two attached hydrogens (primary N) is 1. The summed E-state index contributed by atoms with van der Waals surface area (Å²) in [4.78, 5) is 8.36. The summed E-state index contributed by atoms with van der Waals surface area (Å²) in [6, 6.07) is 0. The number of thioether (sulfide) groups is 1. The van der Waals surface area contributed by atoms with E-state index >= 15 is 0 Å². The first kappa shape index (κ1) is 11.8. The highest BCUT2D eigenvalue weighted by Crippen LogP contribution is 2.26. The predicted octanol–water partition coefficient (Wildman–Crippen LogP) is 2.85. The number of nitrogens with zero attached hydrogens (tertiary/aromatic N) is 2. The van der Waals surface area contributed by atoms with Gasteiger partial charge in [-0.1, -0.05) is 20.8 Å². The second-order valence-electron chi connectivity index (χ2n) is 3.92. The van der Waals surface area contributed by atoms with Crippen LogP contribution < -0.4 is 5.73 Å². The van der Waals surface area contributed by atoms with E-state index in [2.05, 4.69) is 46.7 Å². The first-order valence-corrected chi connectivity index (χ1v) is 6.07. The molecule has 0 saturated carbocycles. The molecule has 0 aromatic carbocycles. The Kier molecular flexibility index (Phi) is 3.78. The van der Waals surface area contributed by atoms with Crippen LogP contribution in [0, 0.1) is 0 Å². The summed E-state index contributed by atoms with van der Waals surface area (Å²) in [6.45, 7) is 6.50. The zero-order valence-electron chi connectivity index (χ0n) is 8.54. The number of hydrogen-bond donors (Lipinski definition) is 1. The molecule has 3 nitrogen and oxygen atoms in total. The average molecular weight is 276 g/mol. The summed E-state index contributed by atoms with van der Waals surface area (Å²) in [6.07, 6.45) is 1.70. The standard InChI is InChI=1S/C9H14BrN3S/c1-9(2,3)14-5-7-12-4-6(10)8(11)13-7/h4H,5H2,1-3H3,(H2,11,12,13). The molecule has 14 heavy (non-hydrogen) atoms. The number of hydrogen-bond acceptors (Lipinski definition) is 4. The smallest absolute Gasteiger partial charge is 0.141 e. The van der Waals surface area contributed by atoms with Gasteiger partial charge in [0.1, 0.15) is 11.6 Å². The van der Waals surface area contributed by atoms with E-state index in [9.17, 15) is 0 Å². The van der Waals surface area contributed by atoms with Crippen LogP contribution in [0.3, 0.4) is 0 Å². The lowest BCUT2D eigenvalue weighted by Crippen LogP contribution is -2.09. The van der Waals surface area contributed by atoms with Gasteiger partial charge < -0.3 is 5.73 Å². The summed E-state index contributed by atoms with van der Waals surface area (Å²) >= 11 is 5.07. The molecule has 0 fully saturated rings. The van der Waals surface area contributed by atoms with Gasteiger partial charge in [0, 0.05) is 10.9 Å². The van der Waals surface area contributed by atoms with Crippen molar-refractivity contribution in [2.75, 3.05) is 5.73 Å². The maximum absolute atomic E-state index is 5.65. The molecule has 0 bridgehead atoms. The van der Waals surface area contributed by atoms with Crippen LogP contribution in [0.2, 0.25) is 0 Å². The Hall–Kier alpha value is -0.290. The number of halogens is 1. The van der Waals surface area contributed by atoms with E-state index in [0.29, 0.717) is 5.82 Å². The lowest BCUT2D eigenvalue weighted by atomic mass is 10.3. The van der Waals surface area contributed by atoms with Gasteiger partial charge >= 0.3 is 0 Å². The Morgan fingerprint density at radius 3 is 2.64 bits per heavy atom. The number of rotatable bonds is 2. The zero-order valence-corrected chi connectivity index (χ0v) is 10.9. The average Bonchev–Trinajstić information content (AvgIpc) is 2.06. The zero-order chi connectivity index (χ0) is 10.8. The molecule has 1 heterocycles. The van der Waals surface area contributed by atoms with Crippen LogP contribution in [0.25, 0.3) is 0 Å². The highest BCUT2D eigenvalue weighted by Gasteiger charge is 2.12. The largest absolute Gasteiger partial charge is 0.383 e.